The highest BCUT2D eigenvalue weighted by molar-refractivity contribution is 7.87. The third-order valence-electron chi connectivity index (χ3n) is 3.47. The normalized spacial score (nSPS) is 15.1. The molecule has 0 aliphatic heterocycles. The van der Waals surface area contributed by atoms with Crippen molar-refractivity contribution in [1.29, 1.82) is 0 Å². The summed E-state index contributed by atoms with van der Waals surface area (Å²) in [7, 11) is -6.55. The summed E-state index contributed by atoms with van der Waals surface area (Å²) in [4.78, 5) is 23.3. The summed E-state index contributed by atoms with van der Waals surface area (Å²) in [5.74, 6) is -13.9. The van der Waals surface area contributed by atoms with Crippen LogP contribution in [0.4, 0.5) is 30.7 Å². The molecule has 0 saturated carbocycles. The first kappa shape index (κ1) is 29.1. The highest BCUT2D eigenvalue weighted by Crippen LogP contribution is 2.42. The van der Waals surface area contributed by atoms with Crippen LogP contribution in [-0.2, 0) is 33.9 Å². The smallest absolute Gasteiger partial charge is 0.461 e. The molecule has 16 heteroatoms. The van der Waals surface area contributed by atoms with Crippen LogP contribution < -0.4 is 0 Å². The van der Waals surface area contributed by atoms with Gasteiger partial charge in [-0.3, -0.25) is 4.55 Å². The van der Waals surface area contributed by atoms with Crippen molar-refractivity contribution in [2.45, 2.75) is 55.7 Å². The van der Waals surface area contributed by atoms with E-state index in [0.29, 0.717) is 6.42 Å². The molecule has 0 aromatic heterocycles. The SMILES string of the molecule is C=CC(=O)OC(OCCCC(F)(F)C(F)(F)S(=O)(=O)O)(C(=O)OCCCC)C(F)(F)F. The van der Waals surface area contributed by atoms with E-state index in [1.807, 2.05) is 0 Å². The Morgan fingerprint density at radius 1 is 1.03 bits per heavy atom. The van der Waals surface area contributed by atoms with Gasteiger partial charge in [0, 0.05) is 12.5 Å². The van der Waals surface area contributed by atoms with Crippen molar-refractivity contribution in [3.63, 3.8) is 0 Å². The van der Waals surface area contributed by atoms with Crippen LogP contribution in [-0.4, -0.2) is 61.3 Å². The molecule has 0 saturated heterocycles. The summed E-state index contributed by atoms with van der Waals surface area (Å²) in [6.45, 7) is 2.33. The lowest BCUT2D eigenvalue weighted by Gasteiger charge is -2.32. The van der Waals surface area contributed by atoms with E-state index < -0.39 is 71.3 Å². The molecule has 0 spiro atoms. The van der Waals surface area contributed by atoms with Crippen molar-refractivity contribution in [2.75, 3.05) is 13.2 Å². The molecule has 1 unspecified atom stereocenters. The lowest BCUT2D eigenvalue weighted by atomic mass is 10.2. The topological polar surface area (TPSA) is 116 Å². The molecule has 0 aliphatic rings. The lowest BCUT2D eigenvalue weighted by molar-refractivity contribution is -0.355. The average Bonchev–Trinajstić information content (AvgIpc) is 2.61. The Morgan fingerprint density at radius 3 is 2.00 bits per heavy atom. The number of hydrogen-bond acceptors (Lipinski definition) is 7. The van der Waals surface area contributed by atoms with Gasteiger partial charge in [-0.05, 0) is 12.8 Å². The lowest BCUT2D eigenvalue weighted by Crippen LogP contribution is -2.58. The predicted molar refractivity (Wildman–Crippen MR) is 87.6 cm³/mol. The zero-order chi connectivity index (χ0) is 24.7. The summed E-state index contributed by atoms with van der Waals surface area (Å²) < 4.78 is 135. The maximum Gasteiger partial charge on any atom is 0.468 e. The Bertz CT molecular complexity index is 751. The second-order valence-corrected chi connectivity index (χ2v) is 7.34. The number of rotatable bonds is 13. The number of esters is 2. The van der Waals surface area contributed by atoms with Crippen LogP contribution in [0, 0.1) is 0 Å². The van der Waals surface area contributed by atoms with Gasteiger partial charge in [-0.1, -0.05) is 19.9 Å². The molecule has 0 radical (unpaired) electrons. The Morgan fingerprint density at radius 2 is 1.58 bits per heavy atom. The molecule has 0 fully saturated rings. The Balaban J connectivity index is 5.61. The van der Waals surface area contributed by atoms with Gasteiger partial charge in [0.05, 0.1) is 13.2 Å². The number of carbonyl (C=O) groups excluding carboxylic acids is 2. The van der Waals surface area contributed by atoms with Gasteiger partial charge in [-0.2, -0.15) is 39.2 Å². The van der Waals surface area contributed by atoms with Gasteiger partial charge in [0.1, 0.15) is 0 Å². The molecule has 0 rings (SSSR count). The van der Waals surface area contributed by atoms with Gasteiger partial charge in [0.15, 0.2) is 0 Å². The summed E-state index contributed by atoms with van der Waals surface area (Å²) in [5.41, 5.74) is 0. The monoisotopic (exact) mass is 492 g/mol. The maximum atomic E-state index is 13.5. The van der Waals surface area contributed by atoms with Gasteiger partial charge in [-0.15, -0.1) is 0 Å². The fourth-order valence-corrected chi connectivity index (χ4v) is 2.30. The number of hydrogen-bond donors (Lipinski definition) is 1. The Kier molecular flexibility index (Phi) is 9.92. The van der Waals surface area contributed by atoms with Crippen molar-refractivity contribution in [3.8, 4) is 0 Å². The van der Waals surface area contributed by atoms with Crippen molar-refractivity contribution in [1.82, 2.24) is 0 Å². The van der Waals surface area contributed by atoms with Crippen LogP contribution in [0.15, 0.2) is 12.7 Å². The average molecular weight is 492 g/mol. The molecule has 0 bridgehead atoms. The molecule has 0 amide bonds. The van der Waals surface area contributed by atoms with E-state index in [9.17, 15) is 48.7 Å². The number of carbonyl (C=O) groups is 2. The molecule has 0 heterocycles. The third-order valence-corrected chi connectivity index (χ3v) is 4.42. The summed E-state index contributed by atoms with van der Waals surface area (Å²) >= 11 is 0. The van der Waals surface area contributed by atoms with Crippen molar-refractivity contribution in [3.05, 3.63) is 12.7 Å². The summed E-state index contributed by atoms with van der Waals surface area (Å²) in [5, 5.41) is -5.95. The van der Waals surface area contributed by atoms with Crippen molar-refractivity contribution < 1.29 is 67.5 Å². The molecule has 1 N–H and O–H groups in total. The van der Waals surface area contributed by atoms with Gasteiger partial charge in [0.2, 0.25) is 0 Å². The second-order valence-electron chi connectivity index (χ2n) is 5.88. The van der Waals surface area contributed by atoms with E-state index in [4.69, 9.17) is 4.55 Å². The second kappa shape index (κ2) is 10.6. The Hall–Kier alpha value is -1.94. The molecular weight excluding hydrogens is 473 g/mol. The summed E-state index contributed by atoms with van der Waals surface area (Å²) in [6.07, 6.45) is -8.56. The van der Waals surface area contributed by atoms with E-state index in [2.05, 4.69) is 20.8 Å². The van der Waals surface area contributed by atoms with Gasteiger partial charge in [-0.25, -0.2) is 9.59 Å². The van der Waals surface area contributed by atoms with Crippen molar-refractivity contribution in [2.24, 2.45) is 0 Å². The number of halogens is 7. The molecule has 8 nitrogen and oxygen atoms in total. The minimum absolute atomic E-state index is 0.103. The highest BCUT2D eigenvalue weighted by atomic mass is 32.2. The largest absolute Gasteiger partial charge is 0.468 e. The fourth-order valence-electron chi connectivity index (χ4n) is 1.82. The Labute approximate surface area is 172 Å². The number of unbranched alkanes of at least 4 members (excludes halogenated alkanes) is 1. The van der Waals surface area contributed by atoms with E-state index >= 15 is 0 Å². The van der Waals surface area contributed by atoms with Crippen LogP contribution in [0.2, 0.25) is 0 Å². The minimum Gasteiger partial charge on any atom is -0.461 e. The number of ether oxygens (including phenoxy) is 3. The molecule has 0 aliphatic carbocycles. The van der Waals surface area contributed by atoms with E-state index in [1.165, 1.54) is 0 Å². The quantitative estimate of drug-likeness (QED) is 0.104. The number of alkyl halides is 7. The van der Waals surface area contributed by atoms with Crippen LogP contribution in [0.3, 0.4) is 0 Å². The molecule has 31 heavy (non-hydrogen) atoms. The summed E-state index contributed by atoms with van der Waals surface area (Å²) in [6, 6.07) is 0. The van der Waals surface area contributed by atoms with Gasteiger partial charge < -0.3 is 14.2 Å². The first-order chi connectivity index (χ1) is 13.9. The zero-order valence-corrected chi connectivity index (χ0v) is 16.7. The first-order valence-electron chi connectivity index (χ1n) is 8.35. The molecule has 182 valence electrons. The van der Waals surface area contributed by atoms with E-state index in [-0.39, 0.29) is 12.5 Å². The predicted octanol–water partition coefficient (Wildman–Crippen LogP) is 3.23. The fraction of sp³-hybridized carbons (Fsp3) is 0.733. The van der Waals surface area contributed by atoms with Gasteiger partial charge in [0.25, 0.3) is 0 Å². The van der Waals surface area contributed by atoms with E-state index in [0.717, 1.165) is 0 Å². The van der Waals surface area contributed by atoms with Crippen LogP contribution in [0.25, 0.3) is 0 Å². The standard InChI is InChI=1S/C15H19F7O8S/c1-3-5-8-28-11(24)13(14(18,19)20,30-10(23)4-2)29-9-6-7-12(16,17)15(21,22)31(25,26)27/h4H,2-3,5-9H2,1H3,(H,25,26,27). The minimum atomic E-state index is -6.55. The molecule has 0 aromatic rings. The van der Waals surface area contributed by atoms with Crippen LogP contribution in [0.5, 0.6) is 0 Å². The third kappa shape index (κ3) is 7.03. The molecular formula is C15H19F7O8S. The van der Waals surface area contributed by atoms with Crippen molar-refractivity contribution >= 4 is 22.1 Å². The first-order valence-corrected chi connectivity index (χ1v) is 9.79. The molecule has 1 atom stereocenters. The van der Waals surface area contributed by atoms with Gasteiger partial charge >= 0.3 is 45.2 Å². The van der Waals surface area contributed by atoms with E-state index in [1.54, 1.807) is 6.92 Å². The highest BCUT2D eigenvalue weighted by Gasteiger charge is 2.68. The van der Waals surface area contributed by atoms with Crippen LogP contribution >= 0.6 is 0 Å². The molecule has 0 aromatic carbocycles. The van der Waals surface area contributed by atoms with Crippen LogP contribution in [0.1, 0.15) is 32.6 Å². The zero-order valence-electron chi connectivity index (χ0n) is 15.9. The maximum absolute atomic E-state index is 13.5.